The SMILES string of the molecule is N#Cc1ccccc1-c1cc2c(c(-c3cnsc3)c1)C(F)NC2=O. The largest absolute Gasteiger partial charge is 0.319 e. The molecule has 2 heterocycles. The first-order valence-corrected chi connectivity index (χ1v) is 8.05. The summed E-state index contributed by atoms with van der Waals surface area (Å²) in [7, 11) is 0. The van der Waals surface area contributed by atoms with Crippen molar-refractivity contribution in [3.63, 3.8) is 0 Å². The fourth-order valence-electron chi connectivity index (χ4n) is 2.94. The predicted molar refractivity (Wildman–Crippen MR) is 89.0 cm³/mol. The van der Waals surface area contributed by atoms with Gasteiger partial charge in [-0.25, -0.2) is 8.76 Å². The molecule has 1 atom stereocenters. The van der Waals surface area contributed by atoms with Crippen molar-refractivity contribution in [3.8, 4) is 28.3 Å². The standard InChI is InChI=1S/C18H10FN3OS/c19-17-16-14(12-8-21-24-9-12)5-11(6-15(16)18(23)22-17)13-4-2-1-3-10(13)7-20/h1-6,8-9,17H,(H,22,23). The van der Waals surface area contributed by atoms with Crippen molar-refractivity contribution in [1.82, 2.24) is 9.69 Å². The number of hydrogen-bond donors (Lipinski definition) is 1. The van der Waals surface area contributed by atoms with Gasteiger partial charge in [0.25, 0.3) is 5.91 Å². The molecular formula is C18H10FN3OS. The highest BCUT2D eigenvalue weighted by Gasteiger charge is 2.32. The molecule has 0 saturated carbocycles. The lowest BCUT2D eigenvalue weighted by Gasteiger charge is -2.12. The highest BCUT2D eigenvalue weighted by atomic mass is 32.1. The molecule has 0 radical (unpaired) electrons. The number of alkyl halides is 1. The van der Waals surface area contributed by atoms with Crippen LogP contribution in [0.4, 0.5) is 4.39 Å². The Morgan fingerprint density at radius 2 is 1.96 bits per heavy atom. The lowest BCUT2D eigenvalue weighted by atomic mass is 9.91. The Kier molecular flexibility index (Phi) is 3.36. The van der Waals surface area contributed by atoms with Gasteiger partial charge in [0, 0.05) is 28.3 Å². The summed E-state index contributed by atoms with van der Waals surface area (Å²) in [6.45, 7) is 0. The van der Waals surface area contributed by atoms with Crippen molar-refractivity contribution in [2.45, 2.75) is 6.30 Å². The van der Waals surface area contributed by atoms with Crippen molar-refractivity contribution < 1.29 is 9.18 Å². The number of amides is 1. The van der Waals surface area contributed by atoms with Crippen LogP contribution >= 0.6 is 11.5 Å². The highest BCUT2D eigenvalue weighted by Crippen LogP contribution is 2.40. The van der Waals surface area contributed by atoms with Crippen molar-refractivity contribution in [1.29, 1.82) is 5.26 Å². The number of benzene rings is 2. The Hall–Kier alpha value is -3.04. The van der Waals surface area contributed by atoms with E-state index in [9.17, 15) is 14.4 Å². The van der Waals surface area contributed by atoms with Gasteiger partial charge in [-0.3, -0.25) is 4.79 Å². The third-order valence-corrected chi connectivity index (χ3v) is 4.62. The first kappa shape index (κ1) is 14.5. The van der Waals surface area contributed by atoms with Gasteiger partial charge >= 0.3 is 0 Å². The van der Waals surface area contributed by atoms with E-state index in [0.717, 1.165) is 5.56 Å². The minimum atomic E-state index is -1.54. The maximum atomic E-state index is 14.3. The number of carbonyl (C=O) groups excluding carboxylic acids is 1. The Morgan fingerprint density at radius 3 is 2.71 bits per heavy atom. The lowest BCUT2D eigenvalue weighted by Crippen LogP contribution is -2.15. The number of nitrogens with zero attached hydrogens (tertiary/aromatic N) is 2. The van der Waals surface area contributed by atoms with Crippen molar-refractivity contribution in [2.24, 2.45) is 0 Å². The van der Waals surface area contributed by atoms with Gasteiger partial charge in [0.15, 0.2) is 6.30 Å². The van der Waals surface area contributed by atoms with Crippen LogP contribution in [0.3, 0.4) is 0 Å². The maximum absolute atomic E-state index is 14.3. The van der Waals surface area contributed by atoms with Gasteiger partial charge < -0.3 is 5.32 Å². The van der Waals surface area contributed by atoms with Crippen molar-refractivity contribution in [2.75, 3.05) is 0 Å². The van der Waals surface area contributed by atoms with E-state index >= 15 is 0 Å². The summed E-state index contributed by atoms with van der Waals surface area (Å²) in [5.74, 6) is -0.446. The number of hydrogen-bond acceptors (Lipinski definition) is 4. The van der Waals surface area contributed by atoms with E-state index in [0.29, 0.717) is 33.4 Å². The van der Waals surface area contributed by atoms with E-state index in [-0.39, 0.29) is 0 Å². The van der Waals surface area contributed by atoms with Crippen LogP contribution in [0.25, 0.3) is 22.3 Å². The molecular weight excluding hydrogens is 325 g/mol. The number of nitriles is 1. The average molecular weight is 335 g/mol. The van der Waals surface area contributed by atoms with Crippen molar-refractivity contribution in [3.05, 3.63) is 64.7 Å². The van der Waals surface area contributed by atoms with Gasteiger partial charge in [-0.2, -0.15) is 5.26 Å². The minimum Gasteiger partial charge on any atom is -0.319 e. The molecule has 1 aliphatic heterocycles. The van der Waals surface area contributed by atoms with Gasteiger partial charge in [0.1, 0.15) is 0 Å². The summed E-state index contributed by atoms with van der Waals surface area (Å²) in [6, 6.07) is 12.7. The van der Waals surface area contributed by atoms with Crippen LogP contribution in [-0.2, 0) is 0 Å². The fourth-order valence-corrected chi connectivity index (χ4v) is 3.48. The normalized spacial score (nSPS) is 15.7. The summed E-state index contributed by atoms with van der Waals surface area (Å²) in [6.07, 6.45) is 0.109. The van der Waals surface area contributed by atoms with E-state index in [1.807, 2.05) is 23.6 Å². The Bertz CT molecular complexity index is 992. The molecule has 4 rings (SSSR count). The molecule has 2 aromatic carbocycles. The Balaban J connectivity index is 2.02. The molecule has 0 aliphatic carbocycles. The highest BCUT2D eigenvalue weighted by molar-refractivity contribution is 7.03. The zero-order valence-corrected chi connectivity index (χ0v) is 13.1. The van der Waals surface area contributed by atoms with Gasteiger partial charge in [-0.1, -0.05) is 18.2 Å². The summed E-state index contributed by atoms with van der Waals surface area (Å²) < 4.78 is 18.4. The third kappa shape index (κ3) is 2.18. The fraction of sp³-hybridized carbons (Fsp3) is 0.0556. The van der Waals surface area contributed by atoms with E-state index < -0.39 is 12.2 Å². The van der Waals surface area contributed by atoms with Gasteiger partial charge in [-0.05, 0) is 46.4 Å². The molecule has 1 aromatic heterocycles. The molecule has 4 nitrogen and oxygen atoms in total. The second-order valence-electron chi connectivity index (χ2n) is 5.39. The first-order valence-electron chi connectivity index (χ1n) is 7.21. The molecule has 1 N–H and O–H groups in total. The molecule has 0 fully saturated rings. The second kappa shape index (κ2) is 5.55. The molecule has 0 bridgehead atoms. The molecule has 1 amide bonds. The molecule has 0 spiro atoms. The predicted octanol–water partition coefficient (Wildman–Crippen LogP) is 4.06. The second-order valence-corrected chi connectivity index (χ2v) is 6.05. The van der Waals surface area contributed by atoms with Gasteiger partial charge in [0.05, 0.1) is 11.6 Å². The first-order chi connectivity index (χ1) is 11.7. The number of aromatic nitrogens is 1. The number of halogens is 1. The monoisotopic (exact) mass is 335 g/mol. The molecule has 24 heavy (non-hydrogen) atoms. The smallest absolute Gasteiger partial charge is 0.254 e. The zero-order chi connectivity index (χ0) is 16.7. The van der Waals surface area contributed by atoms with Gasteiger partial charge in [0.2, 0.25) is 0 Å². The number of nitrogens with one attached hydrogen (secondary N) is 1. The van der Waals surface area contributed by atoms with Crippen LogP contribution in [0.15, 0.2) is 48.0 Å². The van der Waals surface area contributed by atoms with Crippen LogP contribution in [0.5, 0.6) is 0 Å². The molecule has 6 heteroatoms. The summed E-state index contributed by atoms with van der Waals surface area (Å²) in [4.78, 5) is 12.1. The molecule has 1 aliphatic rings. The molecule has 0 saturated heterocycles. The summed E-state index contributed by atoms with van der Waals surface area (Å²) in [5, 5.41) is 13.4. The Morgan fingerprint density at radius 1 is 1.17 bits per heavy atom. The van der Waals surface area contributed by atoms with E-state index in [1.54, 1.807) is 24.4 Å². The van der Waals surface area contributed by atoms with Crippen LogP contribution < -0.4 is 5.32 Å². The zero-order valence-electron chi connectivity index (χ0n) is 12.3. The summed E-state index contributed by atoms with van der Waals surface area (Å²) >= 11 is 1.26. The van der Waals surface area contributed by atoms with Crippen LogP contribution in [0, 0.1) is 11.3 Å². The van der Waals surface area contributed by atoms with Crippen LogP contribution in [-0.4, -0.2) is 10.3 Å². The quantitative estimate of drug-likeness (QED) is 0.718. The number of rotatable bonds is 2. The third-order valence-electron chi connectivity index (χ3n) is 4.04. The van der Waals surface area contributed by atoms with Crippen LogP contribution in [0.2, 0.25) is 0 Å². The summed E-state index contributed by atoms with van der Waals surface area (Å²) in [5.41, 5.74) is 3.93. The van der Waals surface area contributed by atoms with Crippen LogP contribution in [0.1, 0.15) is 27.8 Å². The van der Waals surface area contributed by atoms with E-state index in [1.165, 1.54) is 11.5 Å². The minimum absolute atomic E-state index is 0.300. The molecule has 1 unspecified atom stereocenters. The van der Waals surface area contributed by atoms with Crippen molar-refractivity contribution >= 4 is 17.4 Å². The van der Waals surface area contributed by atoms with E-state index in [2.05, 4.69) is 15.8 Å². The van der Waals surface area contributed by atoms with E-state index in [4.69, 9.17) is 0 Å². The molecule has 116 valence electrons. The number of fused-ring (bicyclic) bond motifs is 1. The average Bonchev–Trinajstić information content (AvgIpc) is 3.23. The lowest BCUT2D eigenvalue weighted by molar-refractivity contribution is 0.0928. The number of carbonyl (C=O) groups is 1. The molecule has 3 aromatic rings. The van der Waals surface area contributed by atoms with Gasteiger partial charge in [-0.15, -0.1) is 0 Å². The topological polar surface area (TPSA) is 65.8 Å². The Labute approximate surface area is 141 Å². The maximum Gasteiger partial charge on any atom is 0.254 e.